The molecule has 4 nitrogen and oxygen atoms in total. The van der Waals surface area contributed by atoms with Gasteiger partial charge in [0, 0.05) is 12.2 Å². The van der Waals surface area contributed by atoms with Crippen LogP contribution in [0.5, 0.6) is 0 Å². The SMILES string of the molecule is CSCC[C@](C)(O)CNC(=O)Nc1ccc(C)c(C)c1. The molecular formula is C15H24N2O2S. The molecule has 0 aromatic heterocycles. The first kappa shape index (κ1) is 16.9. The van der Waals surface area contributed by atoms with Crippen LogP contribution in [0.3, 0.4) is 0 Å². The Hall–Kier alpha value is -1.20. The van der Waals surface area contributed by atoms with Crippen molar-refractivity contribution in [3.8, 4) is 0 Å². The molecule has 0 radical (unpaired) electrons. The van der Waals surface area contributed by atoms with E-state index in [1.807, 2.05) is 38.3 Å². The third-order valence-corrected chi connectivity index (χ3v) is 3.85. The number of carbonyl (C=O) groups is 1. The van der Waals surface area contributed by atoms with Crippen molar-refractivity contribution in [2.24, 2.45) is 0 Å². The molecule has 20 heavy (non-hydrogen) atoms. The van der Waals surface area contributed by atoms with Crippen molar-refractivity contribution >= 4 is 23.5 Å². The summed E-state index contributed by atoms with van der Waals surface area (Å²) in [6.45, 7) is 6.01. The first-order chi connectivity index (χ1) is 9.34. The first-order valence-electron chi connectivity index (χ1n) is 6.67. The van der Waals surface area contributed by atoms with E-state index in [4.69, 9.17) is 0 Å². The van der Waals surface area contributed by atoms with Gasteiger partial charge in [0.25, 0.3) is 0 Å². The van der Waals surface area contributed by atoms with Crippen molar-refractivity contribution in [3.05, 3.63) is 29.3 Å². The van der Waals surface area contributed by atoms with Crippen LogP contribution in [0.25, 0.3) is 0 Å². The Bertz CT molecular complexity index is 461. The van der Waals surface area contributed by atoms with Crippen molar-refractivity contribution in [1.29, 1.82) is 0 Å². The molecule has 5 heteroatoms. The molecule has 0 fully saturated rings. The minimum atomic E-state index is -0.871. The summed E-state index contributed by atoms with van der Waals surface area (Å²) in [6, 6.07) is 5.48. The second-order valence-corrected chi connectivity index (χ2v) is 6.33. The van der Waals surface area contributed by atoms with Crippen LogP contribution in [0, 0.1) is 13.8 Å². The zero-order valence-electron chi connectivity index (χ0n) is 12.6. The van der Waals surface area contributed by atoms with Gasteiger partial charge in [-0.1, -0.05) is 6.07 Å². The number of benzene rings is 1. The van der Waals surface area contributed by atoms with Gasteiger partial charge in [-0.3, -0.25) is 0 Å². The van der Waals surface area contributed by atoms with Gasteiger partial charge < -0.3 is 15.7 Å². The molecule has 0 saturated carbocycles. The zero-order chi connectivity index (χ0) is 15.2. The molecule has 0 aliphatic heterocycles. The van der Waals surface area contributed by atoms with E-state index < -0.39 is 5.60 Å². The Balaban J connectivity index is 2.45. The van der Waals surface area contributed by atoms with E-state index in [0.29, 0.717) is 6.42 Å². The van der Waals surface area contributed by atoms with Crippen LogP contribution in [0.1, 0.15) is 24.5 Å². The Morgan fingerprint density at radius 2 is 2.05 bits per heavy atom. The van der Waals surface area contributed by atoms with Gasteiger partial charge in [0.15, 0.2) is 0 Å². The lowest BCUT2D eigenvalue weighted by Crippen LogP contribution is -2.42. The molecular weight excluding hydrogens is 272 g/mol. The molecule has 1 rings (SSSR count). The van der Waals surface area contributed by atoms with E-state index in [1.54, 1.807) is 18.7 Å². The van der Waals surface area contributed by atoms with Gasteiger partial charge in [-0.05, 0) is 62.5 Å². The lowest BCUT2D eigenvalue weighted by molar-refractivity contribution is 0.0599. The number of hydrogen-bond acceptors (Lipinski definition) is 3. The van der Waals surface area contributed by atoms with Gasteiger partial charge >= 0.3 is 6.03 Å². The maximum Gasteiger partial charge on any atom is 0.319 e. The smallest absolute Gasteiger partial charge is 0.319 e. The van der Waals surface area contributed by atoms with Gasteiger partial charge in [-0.2, -0.15) is 11.8 Å². The number of amides is 2. The second-order valence-electron chi connectivity index (χ2n) is 5.35. The third kappa shape index (κ3) is 5.84. The zero-order valence-corrected chi connectivity index (χ0v) is 13.4. The van der Waals surface area contributed by atoms with Crippen LogP contribution < -0.4 is 10.6 Å². The van der Waals surface area contributed by atoms with Crippen LogP contribution in [-0.2, 0) is 0 Å². The quantitative estimate of drug-likeness (QED) is 0.756. The van der Waals surface area contributed by atoms with E-state index in [9.17, 15) is 9.90 Å². The van der Waals surface area contributed by atoms with E-state index in [2.05, 4.69) is 10.6 Å². The molecule has 0 unspecified atom stereocenters. The Kier molecular flexibility index (Phi) is 6.36. The highest BCUT2D eigenvalue weighted by Gasteiger charge is 2.20. The number of nitrogens with one attached hydrogen (secondary N) is 2. The standard InChI is InChI=1S/C15H24N2O2S/c1-11-5-6-13(9-12(11)2)17-14(18)16-10-15(3,19)7-8-20-4/h5-6,9,19H,7-8,10H2,1-4H3,(H2,16,17,18)/t15-/m0/s1. The molecule has 3 N–H and O–H groups in total. The van der Waals surface area contributed by atoms with Crippen LogP contribution in [0.2, 0.25) is 0 Å². The fourth-order valence-corrected chi connectivity index (χ4v) is 2.32. The normalized spacial score (nSPS) is 13.7. The summed E-state index contributed by atoms with van der Waals surface area (Å²) in [5.41, 5.74) is 2.21. The van der Waals surface area contributed by atoms with Gasteiger partial charge in [-0.15, -0.1) is 0 Å². The number of hydrogen-bond donors (Lipinski definition) is 3. The van der Waals surface area contributed by atoms with Crippen molar-refractivity contribution in [2.45, 2.75) is 32.8 Å². The minimum absolute atomic E-state index is 0.240. The van der Waals surface area contributed by atoms with Gasteiger partial charge in [0.05, 0.1) is 5.60 Å². The van der Waals surface area contributed by atoms with Crippen molar-refractivity contribution in [3.63, 3.8) is 0 Å². The van der Waals surface area contributed by atoms with Crippen molar-refractivity contribution in [2.75, 3.05) is 23.9 Å². The second kappa shape index (κ2) is 7.55. The maximum atomic E-state index is 11.8. The number of aliphatic hydroxyl groups is 1. The van der Waals surface area contributed by atoms with E-state index in [-0.39, 0.29) is 12.6 Å². The Labute approximate surface area is 125 Å². The molecule has 0 heterocycles. The Morgan fingerprint density at radius 1 is 1.35 bits per heavy atom. The largest absolute Gasteiger partial charge is 0.388 e. The summed E-state index contributed by atoms with van der Waals surface area (Å²) in [6.07, 6.45) is 2.65. The fourth-order valence-electron chi connectivity index (χ4n) is 1.68. The van der Waals surface area contributed by atoms with Crippen LogP contribution in [0.15, 0.2) is 18.2 Å². The fraction of sp³-hybridized carbons (Fsp3) is 0.533. The predicted molar refractivity (Wildman–Crippen MR) is 86.6 cm³/mol. The first-order valence-corrected chi connectivity index (χ1v) is 8.07. The Morgan fingerprint density at radius 3 is 2.65 bits per heavy atom. The maximum absolute atomic E-state index is 11.8. The number of carbonyl (C=O) groups excluding carboxylic acids is 1. The molecule has 0 bridgehead atoms. The number of thioether (sulfide) groups is 1. The van der Waals surface area contributed by atoms with Crippen LogP contribution >= 0.6 is 11.8 Å². The van der Waals surface area contributed by atoms with Crippen molar-refractivity contribution in [1.82, 2.24) is 5.32 Å². The summed E-state index contributed by atoms with van der Waals surface area (Å²) in [7, 11) is 0. The van der Waals surface area contributed by atoms with E-state index in [0.717, 1.165) is 17.0 Å². The number of urea groups is 1. The highest BCUT2D eigenvalue weighted by molar-refractivity contribution is 7.98. The average molecular weight is 296 g/mol. The predicted octanol–water partition coefficient (Wildman–Crippen LogP) is 2.93. The number of anilines is 1. The summed E-state index contributed by atoms with van der Waals surface area (Å²) in [4.78, 5) is 11.8. The summed E-state index contributed by atoms with van der Waals surface area (Å²) in [5, 5.41) is 15.6. The molecule has 1 atom stereocenters. The van der Waals surface area contributed by atoms with Crippen molar-refractivity contribution < 1.29 is 9.90 Å². The minimum Gasteiger partial charge on any atom is -0.388 e. The lowest BCUT2D eigenvalue weighted by atomic mass is 10.0. The summed E-state index contributed by atoms with van der Waals surface area (Å²) in [5.74, 6) is 0.869. The molecule has 1 aromatic carbocycles. The monoisotopic (exact) mass is 296 g/mol. The summed E-state index contributed by atoms with van der Waals surface area (Å²) >= 11 is 1.68. The molecule has 0 aliphatic rings. The molecule has 112 valence electrons. The van der Waals surface area contributed by atoms with Crippen LogP contribution in [-0.4, -0.2) is 35.3 Å². The average Bonchev–Trinajstić information content (AvgIpc) is 2.39. The number of rotatable bonds is 6. The van der Waals surface area contributed by atoms with Gasteiger partial charge in [0.1, 0.15) is 0 Å². The van der Waals surface area contributed by atoms with Gasteiger partial charge in [-0.25, -0.2) is 4.79 Å². The molecule has 0 aliphatic carbocycles. The van der Waals surface area contributed by atoms with E-state index >= 15 is 0 Å². The lowest BCUT2D eigenvalue weighted by Gasteiger charge is -2.23. The van der Waals surface area contributed by atoms with Crippen LogP contribution in [0.4, 0.5) is 10.5 Å². The topological polar surface area (TPSA) is 61.4 Å². The van der Waals surface area contributed by atoms with E-state index in [1.165, 1.54) is 5.56 Å². The van der Waals surface area contributed by atoms with Gasteiger partial charge in [0.2, 0.25) is 0 Å². The molecule has 2 amide bonds. The summed E-state index contributed by atoms with van der Waals surface area (Å²) < 4.78 is 0. The molecule has 0 saturated heterocycles. The third-order valence-electron chi connectivity index (χ3n) is 3.24. The number of aryl methyl sites for hydroxylation is 2. The highest BCUT2D eigenvalue weighted by Crippen LogP contribution is 2.14. The molecule has 0 spiro atoms. The highest BCUT2D eigenvalue weighted by atomic mass is 32.2. The molecule has 1 aromatic rings.